The Kier molecular flexibility index (Phi) is 20.5. The van der Waals surface area contributed by atoms with E-state index in [-0.39, 0.29) is 43.0 Å². The molecule has 4 aliphatic heterocycles. The van der Waals surface area contributed by atoms with Gasteiger partial charge in [-0.3, -0.25) is 9.69 Å². The zero-order chi connectivity index (χ0) is 48.2. The highest BCUT2D eigenvalue weighted by molar-refractivity contribution is 5.81. The third-order valence-corrected chi connectivity index (χ3v) is 10.2. The summed E-state index contributed by atoms with van der Waals surface area (Å²) in [6.07, 6.45) is -9.83. The van der Waals surface area contributed by atoms with Gasteiger partial charge in [-0.15, -0.1) is 26.3 Å². The molecule has 1 N–H and O–H groups in total. The summed E-state index contributed by atoms with van der Waals surface area (Å²) < 4.78 is 106. The number of hydrogen-bond donors (Lipinski definition) is 1. The van der Waals surface area contributed by atoms with Crippen LogP contribution in [-0.4, -0.2) is 161 Å². The number of morpholine rings is 2. The number of aldehydes is 1. The van der Waals surface area contributed by atoms with Crippen LogP contribution in [0.4, 0.5) is 47.3 Å². The predicted octanol–water partition coefficient (Wildman–Crippen LogP) is 7.95. The lowest BCUT2D eigenvalue weighted by Crippen LogP contribution is -2.54. The minimum absolute atomic E-state index is 0. The van der Waals surface area contributed by atoms with Gasteiger partial charge in [-0.25, -0.2) is 9.59 Å². The largest absolute Gasteiger partial charge is 0.573 e. The standard InChI is InChI=1S/C22H32F3N3O4.C12H12F3NO3.C10H20N2O2.CH4/c1-16-14-26(7-8-28(16)20(29)32-21(2,3)4)15-17-5-6-18(27-9-11-30-12-10-27)13-19(17)31-22(23,24)25;13-12(14,15)19-11-7-10(2-1-9(11)8-17)16-3-5-18-6-4-16;1-8-7-11-5-6-12(8)9(13)14-10(2,3)4;/h5-6,13,16H,7-12,14-15H2,1-4H3;1-2,7-8H,3-6H2;8,11H,5-7H2,1-4H3;1H4/t16-;;8-;/m1.1./s1. The van der Waals surface area contributed by atoms with Crippen molar-refractivity contribution >= 4 is 29.8 Å². The summed E-state index contributed by atoms with van der Waals surface area (Å²) >= 11 is 0. The van der Waals surface area contributed by atoms with Gasteiger partial charge in [0.25, 0.3) is 0 Å². The number of carbonyl (C=O) groups excluding carboxylic acids is 3. The van der Waals surface area contributed by atoms with Gasteiger partial charge >= 0.3 is 24.9 Å². The highest BCUT2D eigenvalue weighted by Gasteiger charge is 2.35. The van der Waals surface area contributed by atoms with Crippen molar-refractivity contribution in [3.8, 4) is 11.5 Å². The number of nitrogens with zero attached hydrogens (tertiary/aromatic N) is 5. The summed E-state index contributed by atoms with van der Waals surface area (Å²) in [5.41, 5.74) is 0.598. The molecule has 2 amide bonds. The van der Waals surface area contributed by atoms with Crippen molar-refractivity contribution in [1.29, 1.82) is 0 Å². The molecule has 2 atom stereocenters. The van der Waals surface area contributed by atoms with E-state index < -0.39 is 29.7 Å². The molecule has 21 heteroatoms. The molecule has 4 saturated heterocycles. The zero-order valence-electron chi connectivity index (χ0n) is 38.5. The van der Waals surface area contributed by atoms with Crippen molar-refractivity contribution < 1.29 is 69.1 Å². The lowest BCUT2D eigenvalue weighted by molar-refractivity contribution is -0.275. The Balaban J connectivity index is 0.000000288. The van der Waals surface area contributed by atoms with Crippen LogP contribution in [0.2, 0.25) is 0 Å². The van der Waals surface area contributed by atoms with Crippen LogP contribution in [0.15, 0.2) is 36.4 Å². The summed E-state index contributed by atoms with van der Waals surface area (Å²) in [6.45, 7) is 23.8. The second-order valence-electron chi connectivity index (χ2n) is 17.9. The number of rotatable bonds is 7. The molecule has 4 aliphatic rings. The Morgan fingerprint density at radius 1 is 0.682 bits per heavy atom. The molecule has 2 aromatic rings. The number of piperazine rings is 2. The molecule has 0 aliphatic carbocycles. The van der Waals surface area contributed by atoms with Gasteiger partial charge in [0.05, 0.1) is 32.0 Å². The number of carbonyl (C=O) groups is 3. The lowest BCUT2D eigenvalue weighted by atomic mass is 10.1. The van der Waals surface area contributed by atoms with Gasteiger partial charge in [0.2, 0.25) is 0 Å². The van der Waals surface area contributed by atoms with E-state index in [9.17, 15) is 40.7 Å². The lowest BCUT2D eigenvalue weighted by Gasteiger charge is -2.40. The fourth-order valence-electron chi connectivity index (χ4n) is 7.21. The summed E-state index contributed by atoms with van der Waals surface area (Å²) in [6, 6.07) is 9.20. The second kappa shape index (κ2) is 24.3. The number of ether oxygens (including phenoxy) is 6. The molecule has 66 heavy (non-hydrogen) atoms. The summed E-state index contributed by atoms with van der Waals surface area (Å²) in [5, 5.41) is 3.23. The van der Waals surface area contributed by atoms with Gasteiger partial charge in [-0.1, -0.05) is 13.5 Å². The van der Waals surface area contributed by atoms with Gasteiger partial charge < -0.3 is 53.3 Å². The monoisotopic (exact) mass is 950 g/mol. The van der Waals surface area contributed by atoms with Crippen LogP contribution >= 0.6 is 0 Å². The molecule has 6 rings (SSSR count). The molecule has 15 nitrogen and oxygen atoms in total. The molecule has 0 aromatic heterocycles. The maximum Gasteiger partial charge on any atom is 0.573 e. The summed E-state index contributed by atoms with van der Waals surface area (Å²) in [7, 11) is 0. The van der Waals surface area contributed by atoms with Gasteiger partial charge in [-0.2, -0.15) is 0 Å². The fraction of sp³-hybridized carbons (Fsp3) is 0.667. The van der Waals surface area contributed by atoms with Crippen LogP contribution in [-0.2, 0) is 25.5 Å². The number of hydrogen-bond acceptors (Lipinski definition) is 13. The maximum absolute atomic E-state index is 13.1. The van der Waals surface area contributed by atoms with E-state index in [2.05, 4.69) is 14.8 Å². The Bertz CT molecular complexity index is 1850. The number of anilines is 2. The first kappa shape index (κ1) is 55.6. The maximum atomic E-state index is 13.1. The minimum Gasteiger partial charge on any atom is -0.444 e. The normalized spacial score (nSPS) is 19.8. The van der Waals surface area contributed by atoms with Crippen molar-refractivity contribution in [3.05, 3.63) is 47.5 Å². The van der Waals surface area contributed by atoms with Crippen LogP contribution in [0.1, 0.15) is 78.7 Å². The third kappa shape index (κ3) is 18.9. The van der Waals surface area contributed by atoms with Crippen LogP contribution in [0, 0.1) is 0 Å². The van der Waals surface area contributed by atoms with Gasteiger partial charge in [-0.05, 0) is 73.6 Å². The molecule has 0 unspecified atom stereocenters. The first-order chi connectivity index (χ1) is 30.3. The Morgan fingerprint density at radius 3 is 1.61 bits per heavy atom. The number of alkyl halides is 6. The van der Waals surface area contributed by atoms with Crippen molar-refractivity contribution in [2.45, 2.75) is 105 Å². The second-order valence-corrected chi connectivity index (χ2v) is 17.9. The Hall–Kier alpha value is -4.73. The summed E-state index contributed by atoms with van der Waals surface area (Å²) in [4.78, 5) is 44.2. The van der Waals surface area contributed by atoms with Crippen LogP contribution in [0.3, 0.4) is 0 Å². The molecule has 0 bridgehead atoms. The average molecular weight is 951 g/mol. The number of nitrogens with one attached hydrogen (secondary N) is 1. The van der Waals surface area contributed by atoms with Crippen LogP contribution < -0.4 is 24.6 Å². The molecule has 0 spiro atoms. The number of amides is 2. The van der Waals surface area contributed by atoms with E-state index in [0.717, 1.165) is 19.6 Å². The zero-order valence-corrected chi connectivity index (χ0v) is 38.5. The van der Waals surface area contributed by atoms with E-state index in [1.165, 1.54) is 18.2 Å². The molecule has 374 valence electrons. The van der Waals surface area contributed by atoms with Crippen molar-refractivity contribution in [1.82, 2.24) is 20.0 Å². The van der Waals surface area contributed by atoms with E-state index in [1.54, 1.807) is 21.9 Å². The number of benzene rings is 2. The molecule has 2 aromatic carbocycles. The first-order valence-electron chi connectivity index (χ1n) is 21.6. The van der Waals surface area contributed by atoms with E-state index in [0.29, 0.717) is 102 Å². The highest BCUT2D eigenvalue weighted by Crippen LogP contribution is 2.33. The number of halogens is 6. The molecular weight excluding hydrogens is 883 g/mol. The quantitative estimate of drug-likeness (QED) is 0.213. The third-order valence-electron chi connectivity index (χ3n) is 10.2. The molecule has 4 fully saturated rings. The highest BCUT2D eigenvalue weighted by atomic mass is 19.4. The topological polar surface area (TPSA) is 135 Å². The van der Waals surface area contributed by atoms with Crippen LogP contribution in [0.25, 0.3) is 0 Å². The SMILES string of the molecule is C.C[C@@H]1CN(Cc2ccc(N3CCOCC3)cc2OC(F)(F)F)CCN1C(=O)OC(C)(C)C.C[C@@H]1CNCCN1C(=O)OC(C)(C)C.O=Cc1ccc(N2CCOCC2)cc1OC(F)(F)F. The predicted molar refractivity (Wildman–Crippen MR) is 237 cm³/mol. The minimum atomic E-state index is -4.82. The van der Waals surface area contributed by atoms with E-state index in [1.807, 2.05) is 76.2 Å². The summed E-state index contributed by atoms with van der Waals surface area (Å²) in [5.74, 6) is -0.671. The van der Waals surface area contributed by atoms with Crippen LogP contribution in [0.5, 0.6) is 11.5 Å². The first-order valence-corrected chi connectivity index (χ1v) is 21.6. The molecular formula is C45H68F6N6O9. The molecule has 4 heterocycles. The van der Waals surface area contributed by atoms with Gasteiger partial charge in [0, 0.05) is 113 Å². The van der Waals surface area contributed by atoms with Crippen molar-refractivity contribution in [3.63, 3.8) is 0 Å². The Morgan fingerprint density at radius 2 is 1.15 bits per heavy atom. The van der Waals surface area contributed by atoms with Crippen molar-refractivity contribution in [2.75, 3.05) is 102 Å². The van der Waals surface area contributed by atoms with Crippen molar-refractivity contribution in [2.24, 2.45) is 0 Å². The smallest absolute Gasteiger partial charge is 0.444 e. The van der Waals surface area contributed by atoms with E-state index in [4.69, 9.17) is 18.9 Å². The van der Waals surface area contributed by atoms with Gasteiger partial charge in [0.1, 0.15) is 22.7 Å². The average Bonchev–Trinajstić information content (AvgIpc) is 3.20. The molecule has 0 radical (unpaired) electrons. The molecule has 0 saturated carbocycles. The van der Waals surface area contributed by atoms with Gasteiger partial charge in [0.15, 0.2) is 6.29 Å². The fourth-order valence-corrected chi connectivity index (χ4v) is 7.21. The van der Waals surface area contributed by atoms with E-state index >= 15 is 0 Å². The Labute approximate surface area is 384 Å².